The lowest BCUT2D eigenvalue weighted by Crippen LogP contribution is -2.24. The summed E-state index contributed by atoms with van der Waals surface area (Å²) in [5.74, 6) is -0.164. The van der Waals surface area contributed by atoms with Crippen molar-refractivity contribution in [1.82, 2.24) is 9.99 Å². The van der Waals surface area contributed by atoms with Gasteiger partial charge in [0.05, 0.1) is 12.0 Å². The average molecular weight is 404 g/mol. The molecule has 0 aliphatic heterocycles. The summed E-state index contributed by atoms with van der Waals surface area (Å²) in [5, 5.41) is 6.21. The van der Waals surface area contributed by atoms with Crippen molar-refractivity contribution in [2.75, 3.05) is 0 Å². The summed E-state index contributed by atoms with van der Waals surface area (Å²) in [4.78, 5) is 12.6. The third kappa shape index (κ3) is 3.58. The van der Waals surface area contributed by atoms with Crippen LogP contribution < -0.4 is 10.2 Å². The molecule has 0 unspecified atom stereocenters. The van der Waals surface area contributed by atoms with Crippen molar-refractivity contribution in [1.29, 1.82) is 0 Å². The minimum atomic E-state index is -0.385. The fourth-order valence-corrected chi connectivity index (χ4v) is 3.28. The van der Waals surface area contributed by atoms with E-state index in [0.717, 1.165) is 15.7 Å². The number of furan rings is 1. The van der Waals surface area contributed by atoms with E-state index >= 15 is 0 Å². The van der Waals surface area contributed by atoms with E-state index in [1.165, 1.54) is 17.6 Å². The molecule has 2 aromatic heterocycles. The normalized spacial score (nSPS) is 11.5. The molecule has 1 N–H and O–H groups in total. The molecule has 0 fully saturated rings. The maximum Gasteiger partial charge on any atom is 0.307 e. The summed E-state index contributed by atoms with van der Waals surface area (Å²) in [6.45, 7) is 4.38. The molecule has 5 nitrogen and oxygen atoms in total. The quantitative estimate of drug-likeness (QED) is 0.516. The first kappa shape index (κ1) is 16.5. The van der Waals surface area contributed by atoms with Crippen LogP contribution in [0, 0.1) is 0 Å². The number of aromatic nitrogens is 1. The van der Waals surface area contributed by atoms with E-state index in [9.17, 15) is 4.79 Å². The molecule has 3 aromatic rings. The monoisotopic (exact) mass is 403 g/mol. The van der Waals surface area contributed by atoms with Gasteiger partial charge in [-0.25, -0.2) is 5.43 Å². The predicted molar refractivity (Wildman–Crippen MR) is 97.4 cm³/mol. The predicted octanol–water partition coefficient (Wildman–Crippen LogP) is 4.00. The smallest absolute Gasteiger partial charge is 0.307 e. The molecule has 3 rings (SSSR count). The molecule has 2 heterocycles. The average Bonchev–Trinajstić information content (AvgIpc) is 3.24. The van der Waals surface area contributed by atoms with Gasteiger partial charge in [-0.15, -0.1) is 23.0 Å². The zero-order chi connectivity index (χ0) is 16.9. The van der Waals surface area contributed by atoms with E-state index in [1.54, 1.807) is 18.2 Å². The lowest BCUT2D eigenvalue weighted by atomic mass is 10.2. The van der Waals surface area contributed by atoms with Crippen LogP contribution in [0.1, 0.15) is 10.6 Å². The van der Waals surface area contributed by atoms with Gasteiger partial charge in [0.1, 0.15) is 0 Å². The van der Waals surface area contributed by atoms with Crippen molar-refractivity contribution in [2.24, 2.45) is 5.10 Å². The molecule has 1 aromatic carbocycles. The van der Waals surface area contributed by atoms with E-state index in [2.05, 4.69) is 33.0 Å². The molecule has 0 spiro atoms. The van der Waals surface area contributed by atoms with Crippen LogP contribution in [0.4, 0.5) is 0 Å². The number of halogens is 1. The van der Waals surface area contributed by atoms with Gasteiger partial charge in [-0.1, -0.05) is 34.1 Å². The first-order valence-electron chi connectivity index (χ1n) is 7.12. The third-order valence-electron chi connectivity index (χ3n) is 3.25. The summed E-state index contributed by atoms with van der Waals surface area (Å²) in [6.07, 6.45) is 3.24. The Bertz CT molecular complexity index is 908. The molecule has 0 aliphatic carbocycles. The van der Waals surface area contributed by atoms with Gasteiger partial charge in [0.2, 0.25) is 4.80 Å². The van der Waals surface area contributed by atoms with Crippen molar-refractivity contribution in [3.8, 4) is 11.3 Å². The van der Waals surface area contributed by atoms with Crippen molar-refractivity contribution in [3.05, 3.63) is 75.7 Å². The summed E-state index contributed by atoms with van der Waals surface area (Å²) in [6, 6.07) is 11.3. The van der Waals surface area contributed by atoms with Gasteiger partial charge in [0.15, 0.2) is 5.76 Å². The van der Waals surface area contributed by atoms with E-state index < -0.39 is 0 Å². The SMILES string of the molecule is C=CCn1c(-c2ccc(Br)cc2)cs/c1=N\NC(=O)c1ccco1. The van der Waals surface area contributed by atoms with Crippen molar-refractivity contribution >= 4 is 33.2 Å². The maximum atomic E-state index is 11.9. The van der Waals surface area contributed by atoms with Crippen LogP contribution >= 0.6 is 27.3 Å². The number of amides is 1. The molecule has 0 radical (unpaired) electrons. The Balaban J connectivity index is 1.93. The highest BCUT2D eigenvalue weighted by Crippen LogP contribution is 2.22. The Morgan fingerprint density at radius 3 is 2.83 bits per heavy atom. The molecule has 0 atom stereocenters. The first-order valence-corrected chi connectivity index (χ1v) is 8.79. The highest BCUT2D eigenvalue weighted by atomic mass is 79.9. The number of thiazole rings is 1. The Kier molecular flexibility index (Phi) is 5.12. The fourth-order valence-electron chi connectivity index (χ4n) is 2.14. The number of hydrogen-bond acceptors (Lipinski definition) is 4. The summed E-state index contributed by atoms with van der Waals surface area (Å²) < 4.78 is 8.06. The molecule has 0 saturated carbocycles. The van der Waals surface area contributed by atoms with Gasteiger partial charge >= 0.3 is 5.91 Å². The van der Waals surface area contributed by atoms with Crippen molar-refractivity contribution < 1.29 is 9.21 Å². The minimum Gasteiger partial charge on any atom is -0.459 e. The van der Waals surface area contributed by atoms with E-state index in [1.807, 2.05) is 34.2 Å². The highest BCUT2D eigenvalue weighted by Gasteiger charge is 2.09. The molecule has 0 bridgehead atoms. The van der Waals surface area contributed by atoms with Gasteiger partial charge in [0, 0.05) is 16.4 Å². The zero-order valence-corrected chi connectivity index (χ0v) is 15.0. The lowest BCUT2D eigenvalue weighted by Gasteiger charge is -2.06. The third-order valence-corrected chi connectivity index (χ3v) is 4.64. The number of nitrogens with one attached hydrogen (secondary N) is 1. The highest BCUT2D eigenvalue weighted by molar-refractivity contribution is 9.10. The van der Waals surface area contributed by atoms with Gasteiger partial charge in [-0.05, 0) is 29.8 Å². The topological polar surface area (TPSA) is 59.5 Å². The van der Waals surface area contributed by atoms with Gasteiger partial charge in [0.25, 0.3) is 0 Å². The number of nitrogens with zero attached hydrogens (tertiary/aromatic N) is 2. The molecule has 0 saturated heterocycles. The van der Waals surface area contributed by atoms with E-state index in [4.69, 9.17) is 4.42 Å². The Morgan fingerprint density at radius 1 is 1.38 bits per heavy atom. The van der Waals surface area contributed by atoms with Crippen LogP contribution in [0.25, 0.3) is 11.3 Å². The summed E-state index contributed by atoms with van der Waals surface area (Å²) in [5.41, 5.74) is 4.59. The molecular formula is C17H14BrN3O2S. The van der Waals surface area contributed by atoms with Crippen LogP contribution in [0.2, 0.25) is 0 Å². The lowest BCUT2D eigenvalue weighted by molar-refractivity contribution is 0.0925. The minimum absolute atomic E-state index is 0.221. The Hall–Kier alpha value is -2.38. The Morgan fingerprint density at radius 2 is 2.17 bits per heavy atom. The number of hydrogen-bond donors (Lipinski definition) is 1. The molecule has 1 amide bonds. The van der Waals surface area contributed by atoms with Crippen LogP contribution in [-0.4, -0.2) is 10.5 Å². The summed E-state index contributed by atoms with van der Waals surface area (Å²) >= 11 is 4.88. The van der Waals surface area contributed by atoms with Crippen LogP contribution in [-0.2, 0) is 6.54 Å². The molecule has 7 heteroatoms. The second-order valence-corrected chi connectivity index (χ2v) is 6.59. The number of allylic oxidation sites excluding steroid dienone is 1. The number of carbonyl (C=O) groups is 1. The van der Waals surface area contributed by atoms with Gasteiger partial charge < -0.3 is 8.98 Å². The van der Waals surface area contributed by atoms with E-state index in [-0.39, 0.29) is 11.7 Å². The standard InChI is InChI=1S/C17H14BrN3O2S/c1-2-9-21-14(12-5-7-13(18)8-6-12)11-24-17(21)20-19-16(22)15-4-3-10-23-15/h2-8,10-11H,1,9H2,(H,19,22)/b20-17-. The second-order valence-electron chi connectivity index (χ2n) is 4.84. The second kappa shape index (κ2) is 7.46. The first-order chi connectivity index (χ1) is 11.7. The number of benzene rings is 1. The largest absolute Gasteiger partial charge is 0.459 e. The molecule has 0 aliphatic rings. The zero-order valence-electron chi connectivity index (χ0n) is 12.6. The van der Waals surface area contributed by atoms with Crippen LogP contribution in [0.15, 0.2) is 74.7 Å². The molecule has 122 valence electrons. The van der Waals surface area contributed by atoms with Gasteiger partial charge in [-0.3, -0.25) is 4.79 Å². The molecule has 24 heavy (non-hydrogen) atoms. The molecular weight excluding hydrogens is 390 g/mol. The summed E-state index contributed by atoms with van der Waals surface area (Å²) in [7, 11) is 0. The Labute approximate surface area is 151 Å². The van der Waals surface area contributed by atoms with E-state index in [0.29, 0.717) is 11.3 Å². The van der Waals surface area contributed by atoms with Crippen LogP contribution in [0.3, 0.4) is 0 Å². The fraction of sp³-hybridized carbons (Fsp3) is 0.0588. The van der Waals surface area contributed by atoms with Gasteiger partial charge in [-0.2, -0.15) is 0 Å². The number of carbonyl (C=O) groups excluding carboxylic acids is 1. The van der Waals surface area contributed by atoms with Crippen molar-refractivity contribution in [3.63, 3.8) is 0 Å². The van der Waals surface area contributed by atoms with Crippen LogP contribution in [0.5, 0.6) is 0 Å². The maximum absolute atomic E-state index is 11.9. The number of rotatable bonds is 5. The van der Waals surface area contributed by atoms with Crippen molar-refractivity contribution in [2.45, 2.75) is 6.54 Å².